The van der Waals surface area contributed by atoms with Crippen LogP contribution in [-0.4, -0.2) is 33.5 Å². The Bertz CT molecular complexity index is 727. The molecule has 25 heavy (non-hydrogen) atoms. The van der Waals surface area contributed by atoms with Crippen LogP contribution >= 0.6 is 0 Å². The Labute approximate surface area is 146 Å². The molecule has 1 aromatic carbocycles. The minimum atomic E-state index is -0.976. The van der Waals surface area contributed by atoms with Crippen molar-refractivity contribution in [3.05, 3.63) is 60.0 Å². The molecule has 0 saturated heterocycles. The van der Waals surface area contributed by atoms with Crippen molar-refractivity contribution in [1.29, 1.82) is 0 Å². The van der Waals surface area contributed by atoms with Gasteiger partial charge >= 0.3 is 5.97 Å². The monoisotopic (exact) mass is 342 g/mol. The third-order valence-corrected chi connectivity index (χ3v) is 2.89. The maximum atomic E-state index is 12.7. The van der Waals surface area contributed by atoms with E-state index in [4.69, 9.17) is 5.11 Å². The molecular weight excluding hydrogens is 323 g/mol. The Balaban J connectivity index is 2.34. The van der Waals surface area contributed by atoms with Gasteiger partial charge in [-0.2, -0.15) is 0 Å². The fourth-order valence-corrected chi connectivity index (χ4v) is 1.63. The molecule has 0 aliphatic rings. The zero-order chi connectivity index (χ0) is 18.5. The van der Waals surface area contributed by atoms with Crippen LogP contribution in [0, 0.1) is 29.5 Å². The number of allylic oxidation sites excluding steroid dienone is 3. The largest absolute Gasteiger partial charge is 0.481 e. The number of rotatable bonds is 6. The van der Waals surface area contributed by atoms with Crippen molar-refractivity contribution in [2.75, 3.05) is 0 Å². The molecule has 0 spiro atoms. The van der Waals surface area contributed by atoms with Crippen LogP contribution in [0.4, 0.5) is 4.39 Å². The van der Waals surface area contributed by atoms with E-state index in [-0.39, 0.29) is 25.1 Å². The van der Waals surface area contributed by atoms with Crippen LogP contribution in [0.1, 0.15) is 24.8 Å². The normalized spacial score (nSPS) is 12.9. The maximum Gasteiger partial charge on any atom is 0.303 e. The number of carboxylic acid groups (broad SMARTS) is 1. The molecule has 0 amide bonds. The first-order chi connectivity index (χ1) is 12.0. The fraction of sp³-hybridized carbons (Fsp3) is 0.250. The number of aliphatic hydroxyl groups excluding tert-OH is 2. The molecule has 0 aliphatic carbocycles. The summed E-state index contributed by atoms with van der Waals surface area (Å²) in [5, 5.41) is 27.6. The number of halogens is 1. The van der Waals surface area contributed by atoms with Crippen molar-refractivity contribution in [3.63, 3.8) is 0 Å². The first-order valence-electron chi connectivity index (χ1n) is 7.64. The smallest absolute Gasteiger partial charge is 0.303 e. The van der Waals surface area contributed by atoms with E-state index >= 15 is 0 Å². The average Bonchev–Trinajstić information content (AvgIpc) is 2.58. The SMILES string of the molecule is O=C(O)CC[C@H](O)C#CC=CC=C[C@H](O)CC#Cc1ccc(F)cc1. The van der Waals surface area contributed by atoms with Crippen molar-refractivity contribution in [2.45, 2.75) is 31.5 Å². The molecule has 4 nitrogen and oxygen atoms in total. The number of benzene rings is 1. The van der Waals surface area contributed by atoms with E-state index in [0.717, 1.165) is 0 Å². The maximum absolute atomic E-state index is 12.7. The number of carboxylic acids is 1. The summed E-state index contributed by atoms with van der Waals surface area (Å²) in [5.74, 6) is 9.41. The van der Waals surface area contributed by atoms with Crippen molar-refractivity contribution in [2.24, 2.45) is 0 Å². The lowest BCUT2D eigenvalue weighted by Crippen LogP contribution is -2.06. The van der Waals surface area contributed by atoms with Gasteiger partial charge in [-0.15, -0.1) is 0 Å². The number of hydrogen-bond donors (Lipinski definition) is 3. The number of hydrogen-bond acceptors (Lipinski definition) is 3. The van der Waals surface area contributed by atoms with Crippen molar-refractivity contribution < 1.29 is 24.5 Å². The lowest BCUT2D eigenvalue weighted by molar-refractivity contribution is -0.137. The van der Waals surface area contributed by atoms with Crippen LogP contribution in [0.3, 0.4) is 0 Å². The molecule has 0 bridgehead atoms. The fourth-order valence-electron chi connectivity index (χ4n) is 1.63. The van der Waals surface area contributed by atoms with Gasteiger partial charge in [-0.3, -0.25) is 4.79 Å². The molecule has 0 radical (unpaired) electrons. The summed E-state index contributed by atoms with van der Waals surface area (Å²) in [6, 6.07) is 5.78. The van der Waals surface area contributed by atoms with Crippen LogP contribution in [0.15, 0.2) is 48.6 Å². The molecule has 0 aromatic heterocycles. The first kappa shape index (κ1) is 20.2. The number of aliphatic hydroxyl groups is 2. The summed E-state index contributed by atoms with van der Waals surface area (Å²) in [7, 11) is 0. The van der Waals surface area contributed by atoms with Gasteiger partial charge in [0.25, 0.3) is 0 Å². The zero-order valence-electron chi connectivity index (χ0n) is 13.5. The molecule has 0 aliphatic heterocycles. The third kappa shape index (κ3) is 10.5. The van der Waals surface area contributed by atoms with Gasteiger partial charge in [-0.05, 0) is 36.8 Å². The molecule has 5 heteroatoms. The van der Waals surface area contributed by atoms with Gasteiger partial charge in [0.2, 0.25) is 0 Å². The minimum Gasteiger partial charge on any atom is -0.481 e. The van der Waals surface area contributed by atoms with Gasteiger partial charge in [-0.1, -0.05) is 41.9 Å². The predicted octanol–water partition coefficient (Wildman–Crippen LogP) is 2.27. The Morgan fingerprint density at radius 1 is 1.20 bits per heavy atom. The van der Waals surface area contributed by atoms with Gasteiger partial charge in [0.1, 0.15) is 11.9 Å². The van der Waals surface area contributed by atoms with Gasteiger partial charge < -0.3 is 15.3 Å². The van der Waals surface area contributed by atoms with Crippen LogP contribution in [0.25, 0.3) is 0 Å². The summed E-state index contributed by atoms with van der Waals surface area (Å²) in [4.78, 5) is 10.3. The van der Waals surface area contributed by atoms with Crippen molar-refractivity contribution >= 4 is 5.97 Å². The van der Waals surface area contributed by atoms with Gasteiger partial charge in [-0.25, -0.2) is 4.39 Å². The van der Waals surface area contributed by atoms with E-state index in [2.05, 4.69) is 23.7 Å². The second-order valence-electron chi connectivity index (χ2n) is 5.06. The van der Waals surface area contributed by atoms with Crippen molar-refractivity contribution in [1.82, 2.24) is 0 Å². The van der Waals surface area contributed by atoms with Crippen LogP contribution in [0.2, 0.25) is 0 Å². The van der Waals surface area contributed by atoms with Gasteiger partial charge in [0.05, 0.1) is 6.10 Å². The summed E-state index contributed by atoms with van der Waals surface area (Å²) in [5.41, 5.74) is 0.675. The Morgan fingerprint density at radius 3 is 2.60 bits per heavy atom. The minimum absolute atomic E-state index is 0.0808. The summed E-state index contributed by atoms with van der Waals surface area (Å²) in [6.07, 6.45) is 4.68. The third-order valence-electron chi connectivity index (χ3n) is 2.89. The van der Waals surface area contributed by atoms with E-state index < -0.39 is 18.2 Å². The molecule has 1 aromatic rings. The standard InChI is InChI=1S/C20H19FO4/c21-17-12-10-16(11-13-17)6-5-9-18(22)7-3-1-2-4-8-19(23)14-15-20(24)25/h1-3,7,10-13,18-19,22-23H,9,14-15H2,(H,24,25)/t18-,19+/m0/s1. The summed E-state index contributed by atoms with van der Waals surface area (Å²) >= 11 is 0. The topological polar surface area (TPSA) is 77.8 Å². The van der Waals surface area contributed by atoms with Crippen LogP contribution in [0.5, 0.6) is 0 Å². The van der Waals surface area contributed by atoms with E-state index in [0.29, 0.717) is 5.56 Å². The molecule has 0 fully saturated rings. The quantitative estimate of drug-likeness (QED) is 0.547. The van der Waals surface area contributed by atoms with E-state index in [9.17, 15) is 19.4 Å². The molecule has 2 atom stereocenters. The lowest BCUT2D eigenvalue weighted by atomic mass is 10.2. The van der Waals surface area contributed by atoms with Crippen molar-refractivity contribution in [3.8, 4) is 23.7 Å². The van der Waals surface area contributed by atoms with Gasteiger partial charge in [0.15, 0.2) is 0 Å². The Morgan fingerprint density at radius 2 is 1.92 bits per heavy atom. The molecular formula is C20H19FO4. The molecule has 0 unspecified atom stereocenters. The predicted molar refractivity (Wildman–Crippen MR) is 92.8 cm³/mol. The highest BCUT2D eigenvalue weighted by Gasteiger charge is 2.02. The highest BCUT2D eigenvalue weighted by atomic mass is 19.1. The van der Waals surface area contributed by atoms with E-state index in [1.807, 2.05) is 0 Å². The Hall–Kier alpha value is -2.86. The molecule has 0 heterocycles. The second-order valence-corrected chi connectivity index (χ2v) is 5.06. The summed E-state index contributed by atoms with van der Waals surface area (Å²) < 4.78 is 12.7. The second kappa shape index (κ2) is 11.6. The summed E-state index contributed by atoms with van der Waals surface area (Å²) in [6.45, 7) is 0. The molecule has 1 rings (SSSR count). The molecule has 3 N–H and O–H groups in total. The molecule has 0 saturated carbocycles. The van der Waals surface area contributed by atoms with Crippen LogP contribution < -0.4 is 0 Å². The Kier molecular flexibility index (Phi) is 9.40. The highest BCUT2D eigenvalue weighted by molar-refractivity contribution is 5.66. The average molecular weight is 342 g/mol. The lowest BCUT2D eigenvalue weighted by Gasteiger charge is -1.98. The molecule has 130 valence electrons. The number of carbonyl (C=O) groups is 1. The highest BCUT2D eigenvalue weighted by Crippen LogP contribution is 2.01. The van der Waals surface area contributed by atoms with E-state index in [1.54, 1.807) is 30.4 Å². The van der Waals surface area contributed by atoms with Gasteiger partial charge in [0, 0.05) is 18.4 Å². The van der Waals surface area contributed by atoms with Crippen LogP contribution in [-0.2, 0) is 4.79 Å². The number of aliphatic carboxylic acids is 1. The van der Waals surface area contributed by atoms with E-state index in [1.165, 1.54) is 18.2 Å². The zero-order valence-corrected chi connectivity index (χ0v) is 13.5. The first-order valence-corrected chi connectivity index (χ1v) is 7.64.